The van der Waals surface area contributed by atoms with E-state index in [1.54, 1.807) is 0 Å². The number of fused-ring (bicyclic) bond motifs is 1. The maximum Gasteiger partial charge on any atom is 0.319 e. The molecule has 4 atom stereocenters. The molecule has 0 unspecified atom stereocenters. The van der Waals surface area contributed by atoms with E-state index < -0.39 is 6.29 Å². The largest absolute Gasteiger partial charge is 0.457 e. The maximum atomic E-state index is 12.9. The SMILES string of the molecule is C[C@H](c1ccc2ccccc2c1)N(C)C[C@H]1C[C@@H](c2ccc(CO)cc2)O[C@@H](c2cccc(-c3cccc(CNC(=O)Nc4ccc(Oc5ccccc5)cc4)c3)c2)O1. The van der Waals surface area contributed by atoms with Gasteiger partial charge in [0.25, 0.3) is 0 Å². The van der Waals surface area contributed by atoms with E-state index in [0.717, 1.165) is 45.7 Å². The Morgan fingerprint density at radius 2 is 1.42 bits per heavy atom. The topological polar surface area (TPSA) is 92.3 Å². The quantitative estimate of drug-likeness (QED) is 0.108. The fourth-order valence-electron chi connectivity index (χ4n) is 7.55. The van der Waals surface area contributed by atoms with E-state index in [1.807, 2.05) is 97.1 Å². The molecular formula is C51H49N3O5. The number of ether oxygens (including phenoxy) is 3. The maximum absolute atomic E-state index is 12.9. The van der Waals surface area contributed by atoms with Crippen molar-refractivity contribution < 1.29 is 24.1 Å². The van der Waals surface area contributed by atoms with Gasteiger partial charge in [0.2, 0.25) is 0 Å². The smallest absolute Gasteiger partial charge is 0.319 e. The summed E-state index contributed by atoms with van der Waals surface area (Å²) in [5, 5.41) is 18.0. The van der Waals surface area contributed by atoms with Crippen molar-refractivity contribution in [2.45, 2.75) is 51.0 Å². The van der Waals surface area contributed by atoms with Crippen LogP contribution >= 0.6 is 0 Å². The Hall–Kier alpha value is -6.29. The van der Waals surface area contributed by atoms with Crippen LogP contribution in [0.1, 0.15) is 59.6 Å². The number of carbonyl (C=O) groups is 1. The van der Waals surface area contributed by atoms with Crippen LogP contribution in [0.5, 0.6) is 11.5 Å². The van der Waals surface area contributed by atoms with Gasteiger partial charge in [-0.15, -0.1) is 0 Å². The summed E-state index contributed by atoms with van der Waals surface area (Å²) in [5.74, 6) is 1.44. The number of aliphatic hydroxyl groups excluding tert-OH is 1. The minimum absolute atomic E-state index is 0.00461. The Labute approximate surface area is 346 Å². The first kappa shape index (κ1) is 39.5. The number of carbonyl (C=O) groups excluding carboxylic acids is 1. The van der Waals surface area contributed by atoms with Gasteiger partial charge in [-0.3, -0.25) is 4.90 Å². The van der Waals surface area contributed by atoms with Crippen LogP contribution in [0.4, 0.5) is 10.5 Å². The van der Waals surface area contributed by atoms with E-state index in [0.29, 0.717) is 24.4 Å². The van der Waals surface area contributed by atoms with Crippen LogP contribution in [0, 0.1) is 0 Å². The third-order valence-electron chi connectivity index (χ3n) is 11.0. The first-order chi connectivity index (χ1) is 28.9. The van der Waals surface area contributed by atoms with Crippen LogP contribution in [0.2, 0.25) is 0 Å². The molecular weight excluding hydrogens is 735 g/mol. The van der Waals surface area contributed by atoms with Crippen molar-refractivity contribution in [1.29, 1.82) is 0 Å². The summed E-state index contributed by atoms with van der Waals surface area (Å²) in [4.78, 5) is 15.2. The number of nitrogens with zero attached hydrogens (tertiary/aromatic N) is 1. The highest BCUT2D eigenvalue weighted by molar-refractivity contribution is 5.89. The standard InChI is InChI=1S/C51H49N3O5/c1-35(40-23-22-38-11-6-7-12-42(38)29-40)54(2)33-48-31-49(39-20-18-36(34-55)19-21-39)59-50(58-48)44-15-9-14-43(30-44)41-13-8-10-37(28-41)32-52-51(56)53-45-24-26-47(27-25-45)57-46-16-4-3-5-17-46/h3-30,35,48-50,55H,31-34H2,1-2H3,(H2,52,53,56)/t35-,48-,49+,50+/m1/s1. The van der Waals surface area contributed by atoms with Crippen molar-refractivity contribution in [1.82, 2.24) is 10.2 Å². The third-order valence-corrected chi connectivity index (χ3v) is 11.0. The van der Waals surface area contributed by atoms with Gasteiger partial charge in [0.15, 0.2) is 6.29 Å². The lowest BCUT2D eigenvalue weighted by Gasteiger charge is -2.39. The van der Waals surface area contributed by atoms with E-state index in [-0.39, 0.29) is 30.9 Å². The Morgan fingerprint density at radius 3 is 2.20 bits per heavy atom. The summed E-state index contributed by atoms with van der Waals surface area (Å²) in [5.41, 5.74) is 7.78. The molecule has 0 aromatic heterocycles. The molecule has 298 valence electrons. The molecule has 1 aliphatic heterocycles. The van der Waals surface area contributed by atoms with Gasteiger partial charge in [0, 0.05) is 36.8 Å². The highest BCUT2D eigenvalue weighted by atomic mass is 16.7. The number of hydrogen-bond acceptors (Lipinski definition) is 6. The van der Waals surface area contributed by atoms with Gasteiger partial charge >= 0.3 is 6.03 Å². The van der Waals surface area contributed by atoms with Crippen LogP contribution in [-0.2, 0) is 22.6 Å². The highest BCUT2D eigenvalue weighted by Crippen LogP contribution is 2.40. The van der Waals surface area contributed by atoms with Gasteiger partial charge in [-0.25, -0.2) is 4.79 Å². The summed E-state index contributed by atoms with van der Waals surface area (Å²) >= 11 is 0. The Balaban J connectivity index is 0.938. The summed E-state index contributed by atoms with van der Waals surface area (Å²) in [6.45, 7) is 3.31. The molecule has 1 heterocycles. The van der Waals surface area contributed by atoms with Crippen molar-refractivity contribution >= 4 is 22.5 Å². The lowest BCUT2D eigenvalue weighted by Crippen LogP contribution is -2.38. The van der Waals surface area contributed by atoms with Crippen molar-refractivity contribution in [2.75, 3.05) is 18.9 Å². The van der Waals surface area contributed by atoms with Crippen molar-refractivity contribution in [2.24, 2.45) is 0 Å². The normalized spacial score (nSPS) is 17.1. The van der Waals surface area contributed by atoms with Gasteiger partial charge in [-0.05, 0) is 113 Å². The number of rotatable bonds is 13. The molecule has 1 saturated heterocycles. The first-order valence-electron chi connectivity index (χ1n) is 20.1. The Kier molecular flexibility index (Phi) is 12.4. The zero-order valence-corrected chi connectivity index (χ0v) is 33.3. The zero-order chi connectivity index (χ0) is 40.6. The molecule has 1 fully saturated rings. The Morgan fingerprint density at radius 1 is 0.712 bits per heavy atom. The molecule has 7 aromatic carbocycles. The molecule has 3 N–H and O–H groups in total. The number of urea groups is 1. The van der Waals surface area contributed by atoms with E-state index in [2.05, 4.69) is 102 Å². The predicted octanol–water partition coefficient (Wildman–Crippen LogP) is 11.4. The van der Waals surface area contributed by atoms with Crippen LogP contribution in [-0.4, -0.2) is 35.7 Å². The number of likely N-dealkylation sites (N-methyl/N-ethyl adjacent to an activating group) is 1. The molecule has 8 heteroatoms. The van der Waals surface area contributed by atoms with Gasteiger partial charge in [0.1, 0.15) is 11.5 Å². The molecule has 2 amide bonds. The lowest BCUT2D eigenvalue weighted by molar-refractivity contribution is -0.253. The minimum atomic E-state index is -0.590. The number of aliphatic hydroxyl groups is 1. The molecule has 0 bridgehead atoms. The van der Waals surface area contributed by atoms with E-state index >= 15 is 0 Å². The monoisotopic (exact) mass is 783 g/mol. The molecule has 0 radical (unpaired) electrons. The molecule has 59 heavy (non-hydrogen) atoms. The number of para-hydroxylation sites is 1. The van der Waals surface area contributed by atoms with Crippen LogP contribution in [0.15, 0.2) is 170 Å². The second-order valence-electron chi connectivity index (χ2n) is 15.1. The lowest BCUT2D eigenvalue weighted by atomic mass is 9.97. The van der Waals surface area contributed by atoms with Crippen LogP contribution < -0.4 is 15.4 Å². The minimum Gasteiger partial charge on any atom is -0.457 e. The van der Waals surface area contributed by atoms with Crippen LogP contribution in [0.3, 0.4) is 0 Å². The summed E-state index contributed by atoms with van der Waals surface area (Å²) in [6.07, 6.45) is -0.192. The Bertz CT molecular complexity index is 2470. The number of benzene rings is 7. The van der Waals surface area contributed by atoms with Crippen molar-refractivity contribution in [3.63, 3.8) is 0 Å². The van der Waals surface area contributed by atoms with Crippen molar-refractivity contribution in [3.05, 3.63) is 198 Å². The fraction of sp³-hybridized carbons (Fsp3) is 0.196. The number of amides is 2. The predicted molar refractivity (Wildman–Crippen MR) is 234 cm³/mol. The van der Waals surface area contributed by atoms with Crippen molar-refractivity contribution in [3.8, 4) is 22.6 Å². The highest BCUT2D eigenvalue weighted by Gasteiger charge is 2.33. The summed E-state index contributed by atoms with van der Waals surface area (Å²) < 4.78 is 19.4. The zero-order valence-electron chi connectivity index (χ0n) is 33.3. The second kappa shape index (κ2) is 18.5. The third kappa shape index (κ3) is 10.1. The number of anilines is 1. The molecule has 0 aliphatic carbocycles. The summed E-state index contributed by atoms with van der Waals surface area (Å²) in [6, 6.07) is 56.4. The molecule has 0 saturated carbocycles. The average Bonchev–Trinajstić information content (AvgIpc) is 3.29. The molecule has 8 rings (SSSR count). The molecule has 0 spiro atoms. The van der Waals surface area contributed by atoms with Crippen LogP contribution in [0.25, 0.3) is 21.9 Å². The molecule has 8 nitrogen and oxygen atoms in total. The summed E-state index contributed by atoms with van der Waals surface area (Å²) in [7, 11) is 2.16. The first-order valence-corrected chi connectivity index (χ1v) is 20.1. The van der Waals surface area contributed by atoms with Gasteiger partial charge in [0.05, 0.1) is 18.8 Å². The van der Waals surface area contributed by atoms with E-state index in [9.17, 15) is 9.90 Å². The van der Waals surface area contributed by atoms with E-state index in [1.165, 1.54) is 16.3 Å². The molecule has 7 aromatic rings. The van der Waals surface area contributed by atoms with E-state index in [4.69, 9.17) is 14.2 Å². The average molecular weight is 784 g/mol. The van der Waals surface area contributed by atoms with Gasteiger partial charge < -0.3 is 30.0 Å². The molecule has 1 aliphatic rings. The number of nitrogens with one attached hydrogen (secondary N) is 2. The second-order valence-corrected chi connectivity index (χ2v) is 15.1. The fourth-order valence-corrected chi connectivity index (χ4v) is 7.55. The number of hydrogen-bond donors (Lipinski definition) is 3. The van der Waals surface area contributed by atoms with Gasteiger partial charge in [-0.2, -0.15) is 0 Å². The van der Waals surface area contributed by atoms with Gasteiger partial charge in [-0.1, -0.05) is 115 Å².